The summed E-state index contributed by atoms with van der Waals surface area (Å²) in [7, 11) is 0. The first kappa shape index (κ1) is 7.87. The Hall–Kier alpha value is -0.490. The Morgan fingerprint density at radius 3 is 3.00 bits per heavy atom. The van der Waals surface area contributed by atoms with Gasteiger partial charge in [-0.15, -0.1) is 11.6 Å². The fraction of sp³-hybridized carbons (Fsp3) is 0.500. The highest BCUT2D eigenvalue weighted by Gasteiger charge is 2.36. The van der Waals surface area contributed by atoms with Crippen LogP contribution in [0.25, 0.3) is 0 Å². The van der Waals surface area contributed by atoms with Gasteiger partial charge in [-0.05, 0) is 54.4 Å². The summed E-state index contributed by atoms with van der Waals surface area (Å²) in [6, 6.07) is 4.53. The van der Waals surface area contributed by atoms with Gasteiger partial charge in [-0.1, -0.05) is 12.1 Å². The van der Waals surface area contributed by atoms with Crippen molar-refractivity contribution in [3.8, 4) is 0 Å². The number of benzene rings is 1. The highest BCUT2D eigenvalue weighted by molar-refractivity contribution is 6.21. The molecule has 13 heavy (non-hydrogen) atoms. The van der Waals surface area contributed by atoms with Gasteiger partial charge in [-0.25, -0.2) is 0 Å². The van der Waals surface area contributed by atoms with Crippen LogP contribution in [0.5, 0.6) is 0 Å². The fourth-order valence-corrected chi connectivity index (χ4v) is 3.49. The summed E-state index contributed by atoms with van der Waals surface area (Å²) < 4.78 is 0. The lowest BCUT2D eigenvalue weighted by Crippen LogP contribution is -1.92. The van der Waals surface area contributed by atoms with Gasteiger partial charge in [0.15, 0.2) is 0 Å². The van der Waals surface area contributed by atoms with E-state index in [-0.39, 0.29) is 0 Å². The van der Waals surface area contributed by atoms with E-state index in [0.29, 0.717) is 5.38 Å². The molecule has 0 bridgehead atoms. The Kier molecular flexibility index (Phi) is 1.52. The number of halogens is 1. The number of aryl methyl sites for hydroxylation is 2. The second-order valence-corrected chi connectivity index (χ2v) is 4.83. The molecule has 3 rings (SSSR count). The van der Waals surface area contributed by atoms with Crippen LogP contribution in [-0.2, 0) is 6.42 Å². The van der Waals surface area contributed by atoms with E-state index in [1.54, 1.807) is 11.1 Å². The molecule has 2 aliphatic rings. The zero-order valence-electron chi connectivity index (χ0n) is 7.81. The fourth-order valence-electron chi connectivity index (χ4n) is 2.98. The van der Waals surface area contributed by atoms with Crippen LogP contribution in [0.2, 0.25) is 0 Å². The quantitative estimate of drug-likeness (QED) is 0.550. The van der Waals surface area contributed by atoms with Gasteiger partial charge in [0.1, 0.15) is 0 Å². The highest BCUT2D eigenvalue weighted by Crippen LogP contribution is 2.52. The van der Waals surface area contributed by atoms with Crippen molar-refractivity contribution in [1.29, 1.82) is 0 Å². The first-order valence-corrected chi connectivity index (χ1v) is 5.47. The Balaban J connectivity index is 2.31. The van der Waals surface area contributed by atoms with Crippen LogP contribution < -0.4 is 0 Å². The smallest absolute Gasteiger partial charge is 0.0596 e. The molecular formula is C12H13Cl. The van der Waals surface area contributed by atoms with Crippen molar-refractivity contribution in [3.63, 3.8) is 0 Å². The molecule has 0 fully saturated rings. The van der Waals surface area contributed by atoms with Gasteiger partial charge in [0, 0.05) is 0 Å². The lowest BCUT2D eigenvalue weighted by molar-refractivity contribution is 0.651. The van der Waals surface area contributed by atoms with Crippen LogP contribution in [0, 0.1) is 6.92 Å². The van der Waals surface area contributed by atoms with Gasteiger partial charge < -0.3 is 0 Å². The molecule has 0 spiro atoms. The molecule has 1 aromatic carbocycles. The third-order valence-corrected chi connectivity index (χ3v) is 3.97. The van der Waals surface area contributed by atoms with E-state index in [1.807, 2.05) is 0 Å². The second-order valence-electron chi connectivity index (χ2n) is 4.31. The Morgan fingerprint density at radius 2 is 2.15 bits per heavy atom. The first-order valence-electron chi connectivity index (χ1n) is 5.03. The lowest BCUT2D eigenvalue weighted by Gasteiger charge is -2.08. The number of hydrogen-bond donors (Lipinski definition) is 0. The number of alkyl halides is 1. The predicted octanol–water partition coefficient (Wildman–Crippen LogP) is 3.71. The average Bonchev–Trinajstić information content (AvgIpc) is 2.61. The molecule has 0 heterocycles. The van der Waals surface area contributed by atoms with Crippen molar-refractivity contribution < 1.29 is 0 Å². The van der Waals surface area contributed by atoms with Crippen LogP contribution in [0.3, 0.4) is 0 Å². The van der Waals surface area contributed by atoms with Crippen molar-refractivity contribution in [2.75, 3.05) is 0 Å². The molecule has 0 nitrogen and oxygen atoms in total. The van der Waals surface area contributed by atoms with Crippen LogP contribution in [-0.4, -0.2) is 0 Å². The number of rotatable bonds is 0. The van der Waals surface area contributed by atoms with E-state index in [2.05, 4.69) is 19.1 Å². The molecule has 0 N–H and O–H groups in total. The minimum atomic E-state index is 0.292. The lowest BCUT2D eigenvalue weighted by atomic mass is 10.00. The topological polar surface area (TPSA) is 0 Å². The molecule has 1 aromatic rings. The maximum absolute atomic E-state index is 6.35. The molecule has 2 atom stereocenters. The standard InChI is InChI=1S/C12H13Cl/c1-7-2-3-8-4-5-9-6-10(13)11(7)12(8)9/h2-3,9-10H,4-6H2,1H3. The molecule has 0 amide bonds. The largest absolute Gasteiger partial charge is 0.118 e. The predicted molar refractivity (Wildman–Crippen MR) is 55.5 cm³/mol. The van der Waals surface area contributed by atoms with Gasteiger partial charge in [0.05, 0.1) is 5.38 Å². The Bertz CT molecular complexity index is 368. The molecule has 0 saturated heterocycles. The van der Waals surface area contributed by atoms with E-state index in [0.717, 1.165) is 5.92 Å². The van der Waals surface area contributed by atoms with Gasteiger partial charge >= 0.3 is 0 Å². The zero-order valence-corrected chi connectivity index (χ0v) is 8.56. The summed E-state index contributed by atoms with van der Waals surface area (Å²) in [5.41, 5.74) is 6.03. The van der Waals surface area contributed by atoms with Crippen LogP contribution in [0.1, 0.15) is 46.4 Å². The summed E-state index contributed by atoms with van der Waals surface area (Å²) in [6.07, 6.45) is 3.78. The first-order chi connectivity index (χ1) is 6.27. The van der Waals surface area contributed by atoms with E-state index in [4.69, 9.17) is 11.6 Å². The van der Waals surface area contributed by atoms with Crippen molar-refractivity contribution in [2.24, 2.45) is 0 Å². The zero-order chi connectivity index (χ0) is 9.00. The molecule has 2 aliphatic carbocycles. The SMILES string of the molecule is Cc1ccc2c3c1C(Cl)CC3CC2. The maximum atomic E-state index is 6.35. The van der Waals surface area contributed by atoms with E-state index in [1.165, 1.54) is 30.4 Å². The summed E-state index contributed by atoms with van der Waals surface area (Å²) in [4.78, 5) is 0. The summed E-state index contributed by atoms with van der Waals surface area (Å²) in [5, 5.41) is 0.292. The van der Waals surface area contributed by atoms with Crippen LogP contribution in [0.15, 0.2) is 12.1 Å². The third kappa shape index (κ3) is 0.927. The molecule has 0 saturated carbocycles. The van der Waals surface area contributed by atoms with Crippen LogP contribution >= 0.6 is 11.6 Å². The van der Waals surface area contributed by atoms with Gasteiger partial charge in [-0.2, -0.15) is 0 Å². The molecule has 2 unspecified atom stereocenters. The van der Waals surface area contributed by atoms with Crippen molar-refractivity contribution >= 4 is 11.6 Å². The van der Waals surface area contributed by atoms with Gasteiger partial charge in [0.2, 0.25) is 0 Å². The average molecular weight is 193 g/mol. The monoisotopic (exact) mass is 192 g/mol. The van der Waals surface area contributed by atoms with Crippen molar-refractivity contribution in [3.05, 3.63) is 34.4 Å². The van der Waals surface area contributed by atoms with E-state index in [9.17, 15) is 0 Å². The summed E-state index contributed by atoms with van der Waals surface area (Å²) in [6.45, 7) is 2.19. The maximum Gasteiger partial charge on any atom is 0.0596 e. The highest BCUT2D eigenvalue weighted by atomic mass is 35.5. The van der Waals surface area contributed by atoms with Crippen molar-refractivity contribution in [1.82, 2.24) is 0 Å². The minimum Gasteiger partial charge on any atom is -0.118 e. The Morgan fingerprint density at radius 1 is 1.31 bits per heavy atom. The molecule has 0 aliphatic heterocycles. The minimum absolute atomic E-state index is 0.292. The van der Waals surface area contributed by atoms with Gasteiger partial charge in [-0.3, -0.25) is 0 Å². The van der Waals surface area contributed by atoms with Crippen molar-refractivity contribution in [2.45, 2.75) is 37.5 Å². The van der Waals surface area contributed by atoms with Crippen LogP contribution in [0.4, 0.5) is 0 Å². The number of hydrogen-bond acceptors (Lipinski definition) is 0. The molecule has 68 valence electrons. The second kappa shape index (κ2) is 2.51. The molecular weight excluding hydrogens is 180 g/mol. The van der Waals surface area contributed by atoms with Gasteiger partial charge in [0.25, 0.3) is 0 Å². The molecule has 0 aromatic heterocycles. The van der Waals surface area contributed by atoms with E-state index < -0.39 is 0 Å². The summed E-state index contributed by atoms with van der Waals surface area (Å²) in [5.74, 6) is 0.785. The molecule has 0 radical (unpaired) electrons. The van der Waals surface area contributed by atoms with E-state index >= 15 is 0 Å². The third-order valence-electron chi connectivity index (χ3n) is 3.57. The Labute approximate surface area is 83.9 Å². The molecule has 1 heteroatoms. The summed E-state index contributed by atoms with van der Waals surface area (Å²) >= 11 is 6.35. The normalized spacial score (nSPS) is 29.4.